The molecule has 1 aromatic rings. The van der Waals surface area contributed by atoms with Crippen LogP contribution in [0, 0.1) is 5.92 Å². The SMILES string of the molecule is C[N+](C)(CC1CCC1)[C@@H]1Cc2ccc(C(N)=O)cc2C2CCCC[C@]21O. The van der Waals surface area contributed by atoms with Crippen LogP contribution in [-0.4, -0.2) is 47.8 Å². The van der Waals surface area contributed by atoms with Gasteiger partial charge in [0.25, 0.3) is 0 Å². The van der Waals surface area contributed by atoms with Gasteiger partial charge in [-0.25, -0.2) is 0 Å². The fourth-order valence-electron chi connectivity index (χ4n) is 5.97. The minimum atomic E-state index is -0.672. The normalized spacial score (nSPS) is 31.7. The summed E-state index contributed by atoms with van der Waals surface area (Å²) in [6, 6.07) is 6.12. The second kappa shape index (κ2) is 6.35. The van der Waals surface area contributed by atoms with E-state index in [2.05, 4.69) is 20.2 Å². The molecule has 3 atom stereocenters. The van der Waals surface area contributed by atoms with Crippen LogP contribution < -0.4 is 5.73 Å². The van der Waals surface area contributed by atoms with Gasteiger partial charge in [-0.2, -0.15) is 0 Å². The number of hydrogen-bond acceptors (Lipinski definition) is 2. The zero-order valence-electron chi connectivity index (χ0n) is 16.2. The summed E-state index contributed by atoms with van der Waals surface area (Å²) in [5.74, 6) is 0.563. The highest BCUT2D eigenvalue weighted by molar-refractivity contribution is 5.93. The number of benzene rings is 1. The lowest BCUT2D eigenvalue weighted by atomic mass is 9.61. The summed E-state index contributed by atoms with van der Waals surface area (Å²) in [7, 11) is 4.63. The predicted molar refractivity (Wildman–Crippen MR) is 103 cm³/mol. The van der Waals surface area contributed by atoms with Crippen LogP contribution in [0.25, 0.3) is 0 Å². The molecule has 4 heteroatoms. The Kier molecular flexibility index (Phi) is 4.39. The molecule has 0 radical (unpaired) electrons. The first kappa shape index (κ1) is 18.0. The van der Waals surface area contributed by atoms with Crippen LogP contribution in [0.1, 0.15) is 72.3 Å². The molecule has 3 N–H and O–H groups in total. The summed E-state index contributed by atoms with van der Waals surface area (Å²) < 4.78 is 0.897. The van der Waals surface area contributed by atoms with Gasteiger partial charge in [0.15, 0.2) is 0 Å². The van der Waals surface area contributed by atoms with Crippen molar-refractivity contribution in [2.24, 2.45) is 11.7 Å². The lowest BCUT2D eigenvalue weighted by Gasteiger charge is -2.55. The Labute approximate surface area is 157 Å². The van der Waals surface area contributed by atoms with Gasteiger partial charge in [-0.3, -0.25) is 4.79 Å². The van der Waals surface area contributed by atoms with Crippen molar-refractivity contribution in [2.75, 3.05) is 20.6 Å². The molecule has 142 valence electrons. The molecule has 3 aliphatic rings. The van der Waals surface area contributed by atoms with Gasteiger partial charge in [-0.15, -0.1) is 0 Å². The largest absolute Gasteiger partial charge is 0.383 e. The molecule has 0 spiro atoms. The van der Waals surface area contributed by atoms with Crippen LogP contribution in [0.15, 0.2) is 18.2 Å². The molecular formula is C22H33N2O2+. The van der Waals surface area contributed by atoms with E-state index < -0.39 is 5.60 Å². The van der Waals surface area contributed by atoms with Crippen LogP contribution in [0.2, 0.25) is 0 Å². The van der Waals surface area contributed by atoms with E-state index in [4.69, 9.17) is 5.73 Å². The first-order valence-electron chi connectivity index (χ1n) is 10.3. The van der Waals surface area contributed by atoms with Crippen molar-refractivity contribution in [2.45, 2.75) is 68.9 Å². The molecular weight excluding hydrogens is 324 g/mol. The van der Waals surface area contributed by atoms with Crippen molar-refractivity contribution >= 4 is 5.91 Å². The van der Waals surface area contributed by atoms with E-state index in [1.165, 1.54) is 30.4 Å². The summed E-state index contributed by atoms with van der Waals surface area (Å²) in [6.45, 7) is 1.16. The smallest absolute Gasteiger partial charge is 0.248 e. The molecule has 0 aliphatic heterocycles. The van der Waals surface area contributed by atoms with Gasteiger partial charge < -0.3 is 15.3 Å². The highest BCUT2D eigenvalue weighted by Gasteiger charge is 2.56. The number of primary amides is 1. The highest BCUT2D eigenvalue weighted by atomic mass is 16.3. The minimum absolute atomic E-state index is 0.128. The molecule has 2 saturated carbocycles. The molecule has 1 aromatic carbocycles. The molecule has 1 amide bonds. The minimum Gasteiger partial charge on any atom is -0.383 e. The van der Waals surface area contributed by atoms with E-state index in [0.717, 1.165) is 49.0 Å². The zero-order valence-corrected chi connectivity index (χ0v) is 16.2. The number of fused-ring (bicyclic) bond motifs is 3. The predicted octanol–water partition coefficient (Wildman–Crippen LogP) is 2.98. The maximum Gasteiger partial charge on any atom is 0.248 e. The van der Waals surface area contributed by atoms with E-state index in [-0.39, 0.29) is 17.9 Å². The standard InChI is InChI=1S/C22H32N2O2/c1-24(2,14-15-6-5-7-15)20-13-16-9-10-17(21(23)25)12-18(16)19-8-3-4-11-22(19,20)26/h9-10,12,15,19-20,26H,3-8,11,13-14H2,1-2H3,(H-,23,25)/p+1/t19?,20-,22+/m1/s1. The van der Waals surface area contributed by atoms with Crippen molar-refractivity contribution in [1.29, 1.82) is 0 Å². The number of aliphatic hydroxyl groups is 1. The summed E-state index contributed by atoms with van der Waals surface area (Å²) >= 11 is 0. The van der Waals surface area contributed by atoms with E-state index in [1.54, 1.807) is 0 Å². The average Bonchev–Trinajstić information content (AvgIpc) is 2.56. The topological polar surface area (TPSA) is 63.3 Å². The molecule has 3 aliphatic carbocycles. The van der Waals surface area contributed by atoms with Crippen molar-refractivity contribution in [3.63, 3.8) is 0 Å². The molecule has 0 heterocycles. The number of amides is 1. The Morgan fingerprint density at radius 2 is 2.00 bits per heavy atom. The molecule has 2 fully saturated rings. The Morgan fingerprint density at radius 1 is 1.23 bits per heavy atom. The monoisotopic (exact) mass is 357 g/mol. The van der Waals surface area contributed by atoms with E-state index >= 15 is 0 Å². The second-order valence-corrected chi connectivity index (χ2v) is 9.55. The quantitative estimate of drug-likeness (QED) is 0.814. The van der Waals surface area contributed by atoms with Crippen LogP contribution in [0.3, 0.4) is 0 Å². The number of hydrogen-bond donors (Lipinski definition) is 2. The molecule has 0 saturated heterocycles. The maximum absolute atomic E-state index is 11.9. The van der Waals surface area contributed by atoms with Crippen molar-refractivity contribution in [1.82, 2.24) is 0 Å². The third-order valence-corrected chi connectivity index (χ3v) is 7.52. The Balaban J connectivity index is 1.73. The number of quaternary nitrogens is 1. The van der Waals surface area contributed by atoms with Gasteiger partial charge in [0.2, 0.25) is 5.91 Å². The molecule has 26 heavy (non-hydrogen) atoms. The van der Waals surface area contributed by atoms with Gasteiger partial charge in [0, 0.05) is 23.8 Å². The Morgan fingerprint density at radius 3 is 2.65 bits per heavy atom. The number of likely N-dealkylation sites (N-methyl/N-ethyl adjacent to an activating group) is 1. The number of carbonyl (C=O) groups is 1. The number of nitrogens with zero attached hydrogens (tertiary/aromatic N) is 1. The number of carbonyl (C=O) groups excluding carboxylic acids is 1. The van der Waals surface area contributed by atoms with E-state index in [1.807, 2.05) is 12.1 Å². The average molecular weight is 358 g/mol. The first-order chi connectivity index (χ1) is 12.3. The van der Waals surface area contributed by atoms with Crippen LogP contribution in [-0.2, 0) is 6.42 Å². The summed E-state index contributed by atoms with van der Waals surface area (Å²) in [4.78, 5) is 11.7. The molecule has 4 rings (SSSR count). The summed E-state index contributed by atoms with van der Waals surface area (Å²) in [5.41, 5.74) is 7.88. The molecule has 1 unspecified atom stereocenters. The lowest BCUT2D eigenvalue weighted by Crippen LogP contribution is -2.67. The summed E-state index contributed by atoms with van der Waals surface area (Å²) in [5, 5.41) is 11.9. The van der Waals surface area contributed by atoms with Crippen molar-refractivity contribution in [3.05, 3.63) is 34.9 Å². The number of rotatable bonds is 4. The van der Waals surface area contributed by atoms with Gasteiger partial charge in [0.1, 0.15) is 11.6 Å². The first-order valence-corrected chi connectivity index (χ1v) is 10.3. The van der Waals surface area contributed by atoms with Gasteiger partial charge in [-0.05, 0) is 48.9 Å². The van der Waals surface area contributed by atoms with Gasteiger partial charge in [0.05, 0.1) is 20.6 Å². The fraction of sp³-hybridized carbons (Fsp3) is 0.682. The second-order valence-electron chi connectivity index (χ2n) is 9.55. The van der Waals surface area contributed by atoms with Crippen LogP contribution in [0.4, 0.5) is 0 Å². The van der Waals surface area contributed by atoms with Gasteiger partial charge in [-0.1, -0.05) is 25.3 Å². The van der Waals surface area contributed by atoms with Crippen LogP contribution >= 0.6 is 0 Å². The van der Waals surface area contributed by atoms with E-state index in [0.29, 0.717) is 5.56 Å². The fourth-order valence-corrected chi connectivity index (χ4v) is 5.97. The zero-order chi connectivity index (χ0) is 18.5. The highest BCUT2D eigenvalue weighted by Crippen LogP contribution is 2.51. The molecule has 4 nitrogen and oxygen atoms in total. The van der Waals surface area contributed by atoms with Gasteiger partial charge >= 0.3 is 0 Å². The Hall–Kier alpha value is -1.39. The third-order valence-electron chi connectivity index (χ3n) is 7.52. The molecule has 0 aromatic heterocycles. The molecule has 0 bridgehead atoms. The van der Waals surface area contributed by atoms with E-state index in [9.17, 15) is 9.90 Å². The number of nitrogens with two attached hydrogens (primary N) is 1. The third kappa shape index (κ3) is 2.87. The van der Waals surface area contributed by atoms with Crippen molar-refractivity contribution in [3.8, 4) is 0 Å². The lowest BCUT2D eigenvalue weighted by molar-refractivity contribution is -0.927. The van der Waals surface area contributed by atoms with Crippen LogP contribution in [0.5, 0.6) is 0 Å². The maximum atomic E-state index is 11.9. The van der Waals surface area contributed by atoms with Crippen molar-refractivity contribution < 1.29 is 14.4 Å². The summed E-state index contributed by atoms with van der Waals surface area (Å²) in [6.07, 6.45) is 9.06. The Bertz CT molecular complexity index is 710.